The summed E-state index contributed by atoms with van der Waals surface area (Å²) in [6.45, 7) is 2.01. The molecule has 0 aliphatic carbocycles. The fraction of sp³-hybridized carbons (Fsp3) is 0.261. The number of thiophene rings is 1. The van der Waals surface area contributed by atoms with Gasteiger partial charge in [-0.15, -0.1) is 11.3 Å². The van der Waals surface area contributed by atoms with Gasteiger partial charge in [-0.25, -0.2) is 15.0 Å². The van der Waals surface area contributed by atoms with E-state index in [1.807, 2.05) is 35.7 Å². The van der Waals surface area contributed by atoms with Crippen LogP contribution in [-0.2, 0) is 11.3 Å². The number of piperidine rings is 1. The Morgan fingerprint density at radius 2 is 2.06 bits per heavy atom. The molecular weight excluding hydrogens is 422 g/mol. The smallest absolute Gasteiger partial charge is 0.222 e. The lowest BCUT2D eigenvalue weighted by molar-refractivity contribution is -0.122. The highest BCUT2D eigenvalue weighted by Crippen LogP contribution is 2.29. The maximum Gasteiger partial charge on any atom is 0.222 e. The molecule has 5 heterocycles. The van der Waals surface area contributed by atoms with E-state index >= 15 is 0 Å². The molecule has 1 aliphatic heterocycles. The highest BCUT2D eigenvalue weighted by molar-refractivity contribution is 7.16. The van der Waals surface area contributed by atoms with Crippen molar-refractivity contribution in [3.8, 4) is 11.5 Å². The van der Waals surface area contributed by atoms with E-state index in [9.17, 15) is 4.79 Å². The van der Waals surface area contributed by atoms with E-state index in [2.05, 4.69) is 31.2 Å². The average molecular weight is 446 g/mol. The summed E-state index contributed by atoms with van der Waals surface area (Å²) < 4.78 is 0. The zero-order valence-corrected chi connectivity index (χ0v) is 18.3. The van der Waals surface area contributed by atoms with Crippen molar-refractivity contribution in [2.45, 2.75) is 19.4 Å². The zero-order valence-electron chi connectivity index (χ0n) is 17.4. The van der Waals surface area contributed by atoms with E-state index < -0.39 is 0 Å². The van der Waals surface area contributed by atoms with Crippen LogP contribution < -0.4 is 16.0 Å². The molecule has 0 aromatic carbocycles. The van der Waals surface area contributed by atoms with Gasteiger partial charge < -0.3 is 16.0 Å². The van der Waals surface area contributed by atoms with Crippen LogP contribution in [0.4, 0.5) is 11.6 Å². The number of hydrogen-bond donors (Lipinski definition) is 2. The van der Waals surface area contributed by atoms with Crippen LogP contribution in [0.1, 0.15) is 18.4 Å². The van der Waals surface area contributed by atoms with Crippen LogP contribution >= 0.6 is 11.3 Å². The summed E-state index contributed by atoms with van der Waals surface area (Å²) in [7, 11) is 0. The number of hydrogen-bond acceptors (Lipinski definition) is 8. The van der Waals surface area contributed by atoms with Crippen molar-refractivity contribution in [2.75, 3.05) is 23.3 Å². The molecule has 1 atom stereocenters. The van der Waals surface area contributed by atoms with E-state index in [1.165, 1.54) is 0 Å². The van der Waals surface area contributed by atoms with Gasteiger partial charge in [0, 0.05) is 37.6 Å². The van der Waals surface area contributed by atoms with Crippen molar-refractivity contribution in [2.24, 2.45) is 11.7 Å². The number of anilines is 2. The minimum absolute atomic E-state index is 0.139. The molecule has 4 aromatic rings. The number of nitrogens with zero attached hydrogens (tertiary/aromatic N) is 5. The van der Waals surface area contributed by atoms with Gasteiger partial charge in [-0.2, -0.15) is 0 Å². The second-order valence-corrected chi connectivity index (χ2v) is 8.67. The maximum absolute atomic E-state index is 11.7. The molecule has 0 radical (unpaired) electrons. The lowest BCUT2D eigenvalue weighted by Crippen LogP contribution is -2.42. The van der Waals surface area contributed by atoms with Crippen molar-refractivity contribution in [1.82, 2.24) is 19.9 Å². The first-order valence-corrected chi connectivity index (χ1v) is 11.5. The van der Waals surface area contributed by atoms with Crippen LogP contribution in [0.2, 0.25) is 0 Å². The van der Waals surface area contributed by atoms with Gasteiger partial charge in [-0.3, -0.25) is 9.78 Å². The summed E-state index contributed by atoms with van der Waals surface area (Å²) in [5.41, 5.74) is 7.34. The zero-order chi connectivity index (χ0) is 21.9. The Labute approximate surface area is 189 Å². The first-order valence-electron chi connectivity index (χ1n) is 10.6. The molecule has 3 N–H and O–H groups in total. The van der Waals surface area contributed by atoms with E-state index in [0.717, 1.165) is 52.5 Å². The molecule has 1 fully saturated rings. The Balaban J connectivity index is 1.42. The Bertz CT molecular complexity index is 1240. The predicted octanol–water partition coefficient (Wildman–Crippen LogP) is 3.46. The third kappa shape index (κ3) is 4.11. The Hall–Kier alpha value is -3.59. The van der Waals surface area contributed by atoms with Gasteiger partial charge in [0.2, 0.25) is 5.91 Å². The number of primary amides is 1. The maximum atomic E-state index is 11.7. The largest absolute Gasteiger partial charge is 0.369 e. The summed E-state index contributed by atoms with van der Waals surface area (Å²) >= 11 is 1.58. The van der Waals surface area contributed by atoms with Crippen LogP contribution in [0.25, 0.3) is 21.7 Å². The van der Waals surface area contributed by atoms with Crippen LogP contribution in [0.3, 0.4) is 0 Å². The van der Waals surface area contributed by atoms with Gasteiger partial charge in [0.05, 0.1) is 11.3 Å². The molecule has 1 saturated heterocycles. The Morgan fingerprint density at radius 1 is 1.16 bits per heavy atom. The number of rotatable bonds is 6. The number of fused-ring (bicyclic) bond motifs is 1. The van der Waals surface area contributed by atoms with Gasteiger partial charge in [0.1, 0.15) is 22.2 Å². The summed E-state index contributed by atoms with van der Waals surface area (Å²) in [6, 6.07) is 11.7. The van der Waals surface area contributed by atoms with E-state index in [0.29, 0.717) is 18.9 Å². The highest BCUT2D eigenvalue weighted by Gasteiger charge is 2.26. The number of nitrogens with two attached hydrogens (primary N) is 1. The van der Waals surface area contributed by atoms with E-state index in [-0.39, 0.29) is 11.8 Å². The van der Waals surface area contributed by atoms with Crippen molar-refractivity contribution < 1.29 is 4.79 Å². The van der Waals surface area contributed by atoms with Gasteiger partial charge in [0.25, 0.3) is 0 Å². The van der Waals surface area contributed by atoms with Crippen molar-refractivity contribution in [3.63, 3.8) is 0 Å². The number of pyridine rings is 2. The molecule has 0 saturated carbocycles. The molecule has 0 spiro atoms. The van der Waals surface area contributed by atoms with Crippen LogP contribution in [-0.4, -0.2) is 38.9 Å². The van der Waals surface area contributed by atoms with Gasteiger partial charge in [0.15, 0.2) is 5.82 Å². The third-order valence-electron chi connectivity index (χ3n) is 5.66. The summed E-state index contributed by atoms with van der Waals surface area (Å²) in [5, 5.41) is 6.48. The first-order chi connectivity index (χ1) is 15.7. The van der Waals surface area contributed by atoms with Gasteiger partial charge in [-0.1, -0.05) is 12.1 Å². The second kappa shape index (κ2) is 8.88. The Kier molecular flexibility index (Phi) is 5.64. The summed E-state index contributed by atoms with van der Waals surface area (Å²) in [4.78, 5) is 33.2. The molecule has 0 bridgehead atoms. The number of carbonyl (C=O) groups excluding carboxylic acids is 1. The molecule has 1 unspecified atom stereocenters. The van der Waals surface area contributed by atoms with Gasteiger partial charge >= 0.3 is 0 Å². The van der Waals surface area contributed by atoms with Crippen LogP contribution in [0.5, 0.6) is 0 Å². The SMILES string of the molecule is NC(=O)C1CCCN(c2ncccc2CNc2nc(-c3ccccn3)nc3sccc23)C1. The highest BCUT2D eigenvalue weighted by atomic mass is 32.1. The molecule has 4 aromatic heterocycles. The third-order valence-corrected chi connectivity index (χ3v) is 6.46. The number of amides is 1. The molecule has 1 amide bonds. The topological polar surface area (TPSA) is 110 Å². The Morgan fingerprint density at radius 3 is 2.91 bits per heavy atom. The standard InChI is InChI=1S/C23H23N7OS/c24-19(31)16-6-4-11-30(14-16)22-15(5-3-10-26-22)13-27-20-17-8-12-32-23(17)29-21(28-20)18-7-1-2-9-25-18/h1-3,5,7-10,12,16H,4,6,11,13-14H2,(H2,24,31)(H,27,28,29). The normalized spacial score (nSPS) is 16.2. The summed E-state index contributed by atoms with van der Waals surface area (Å²) in [6.07, 6.45) is 5.28. The molecule has 5 rings (SSSR count). The molecule has 1 aliphatic rings. The molecular formula is C23H23N7OS. The fourth-order valence-electron chi connectivity index (χ4n) is 4.03. The molecule has 162 valence electrons. The van der Waals surface area contributed by atoms with Crippen LogP contribution in [0, 0.1) is 5.92 Å². The average Bonchev–Trinajstić information content (AvgIpc) is 3.32. The van der Waals surface area contributed by atoms with E-state index in [1.54, 1.807) is 23.7 Å². The fourth-order valence-corrected chi connectivity index (χ4v) is 4.80. The molecule has 8 nitrogen and oxygen atoms in total. The predicted molar refractivity (Wildman–Crippen MR) is 126 cm³/mol. The molecule has 9 heteroatoms. The number of carbonyl (C=O) groups is 1. The van der Waals surface area contributed by atoms with Gasteiger partial charge in [-0.05, 0) is 42.5 Å². The minimum atomic E-state index is -0.242. The van der Waals surface area contributed by atoms with Crippen LogP contribution in [0.15, 0.2) is 54.2 Å². The number of nitrogens with one attached hydrogen (secondary N) is 1. The second-order valence-electron chi connectivity index (χ2n) is 7.78. The summed E-state index contributed by atoms with van der Waals surface area (Å²) in [5.74, 6) is 1.86. The van der Waals surface area contributed by atoms with Crippen molar-refractivity contribution in [3.05, 3.63) is 59.7 Å². The van der Waals surface area contributed by atoms with Crippen molar-refractivity contribution >= 4 is 39.1 Å². The quantitative estimate of drug-likeness (QED) is 0.468. The van der Waals surface area contributed by atoms with E-state index in [4.69, 9.17) is 10.7 Å². The minimum Gasteiger partial charge on any atom is -0.369 e. The molecule has 32 heavy (non-hydrogen) atoms. The monoisotopic (exact) mass is 445 g/mol. The first kappa shape index (κ1) is 20.3. The lowest BCUT2D eigenvalue weighted by atomic mass is 9.97. The number of aromatic nitrogens is 4. The van der Waals surface area contributed by atoms with Crippen molar-refractivity contribution in [1.29, 1.82) is 0 Å². The lowest BCUT2D eigenvalue weighted by Gasteiger charge is -2.33.